The molecule has 9 nitrogen and oxygen atoms in total. The SMILES string of the molecule is CCOC(=O)N1CCN(C(=O)c2cnc(N3CCN(CC)CC3)cn2)CC1. The van der Waals surface area contributed by atoms with E-state index in [1.165, 1.54) is 0 Å². The Labute approximate surface area is 159 Å². The van der Waals surface area contributed by atoms with Crippen LogP contribution in [0.5, 0.6) is 0 Å². The fourth-order valence-electron chi connectivity index (χ4n) is 3.36. The molecule has 0 spiro atoms. The number of hydrogen-bond acceptors (Lipinski definition) is 7. The van der Waals surface area contributed by atoms with Gasteiger partial charge in [0.15, 0.2) is 0 Å². The Morgan fingerprint density at radius 1 is 0.926 bits per heavy atom. The number of aromatic nitrogens is 2. The van der Waals surface area contributed by atoms with Gasteiger partial charge in [-0.1, -0.05) is 6.92 Å². The van der Waals surface area contributed by atoms with Crippen LogP contribution in [0.25, 0.3) is 0 Å². The summed E-state index contributed by atoms with van der Waals surface area (Å²) in [6, 6.07) is 0. The highest BCUT2D eigenvalue weighted by Gasteiger charge is 2.26. The molecular weight excluding hydrogens is 348 g/mol. The van der Waals surface area contributed by atoms with E-state index < -0.39 is 0 Å². The minimum atomic E-state index is -0.322. The molecule has 0 radical (unpaired) electrons. The van der Waals surface area contributed by atoms with Crippen LogP contribution in [-0.4, -0.2) is 102 Å². The molecule has 2 aliphatic rings. The lowest BCUT2D eigenvalue weighted by atomic mass is 10.3. The zero-order valence-electron chi connectivity index (χ0n) is 16.1. The van der Waals surface area contributed by atoms with Crippen LogP contribution in [0, 0.1) is 0 Å². The van der Waals surface area contributed by atoms with Crippen molar-refractivity contribution in [3.63, 3.8) is 0 Å². The normalized spacial score (nSPS) is 18.5. The van der Waals surface area contributed by atoms with Crippen LogP contribution < -0.4 is 4.90 Å². The zero-order chi connectivity index (χ0) is 19.2. The molecule has 0 N–H and O–H groups in total. The van der Waals surface area contributed by atoms with Gasteiger partial charge < -0.3 is 24.3 Å². The van der Waals surface area contributed by atoms with E-state index in [4.69, 9.17) is 4.74 Å². The molecular formula is C18H28N6O3. The summed E-state index contributed by atoms with van der Waals surface area (Å²) in [6.07, 6.45) is 2.92. The van der Waals surface area contributed by atoms with E-state index in [1.54, 1.807) is 29.1 Å². The quantitative estimate of drug-likeness (QED) is 0.758. The van der Waals surface area contributed by atoms with Gasteiger partial charge in [0.05, 0.1) is 19.0 Å². The van der Waals surface area contributed by atoms with E-state index in [-0.39, 0.29) is 12.0 Å². The monoisotopic (exact) mass is 376 g/mol. The minimum Gasteiger partial charge on any atom is -0.450 e. The predicted octanol–water partition coefficient (Wildman–Crippen LogP) is 0.533. The largest absolute Gasteiger partial charge is 0.450 e. The molecule has 0 saturated carbocycles. The molecule has 0 aliphatic carbocycles. The van der Waals surface area contributed by atoms with E-state index in [9.17, 15) is 9.59 Å². The van der Waals surface area contributed by atoms with E-state index in [0.29, 0.717) is 38.5 Å². The second kappa shape index (κ2) is 8.98. The third-order valence-corrected chi connectivity index (χ3v) is 5.09. The molecule has 3 rings (SSSR count). The van der Waals surface area contributed by atoms with Crippen LogP contribution in [0.15, 0.2) is 12.4 Å². The average molecular weight is 376 g/mol. The van der Waals surface area contributed by atoms with Gasteiger partial charge in [-0.2, -0.15) is 0 Å². The van der Waals surface area contributed by atoms with Crippen molar-refractivity contribution < 1.29 is 14.3 Å². The summed E-state index contributed by atoms with van der Waals surface area (Å²) in [5.41, 5.74) is 0.343. The lowest BCUT2D eigenvalue weighted by Crippen LogP contribution is -2.51. The van der Waals surface area contributed by atoms with Crippen LogP contribution >= 0.6 is 0 Å². The first-order valence-electron chi connectivity index (χ1n) is 9.62. The first-order valence-corrected chi connectivity index (χ1v) is 9.62. The molecule has 2 amide bonds. The number of rotatable bonds is 4. The first kappa shape index (κ1) is 19.3. The minimum absolute atomic E-state index is 0.145. The van der Waals surface area contributed by atoms with Crippen LogP contribution in [0.2, 0.25) is 0 Å². The van der Waals surface area contributed by atoms with Crippen LogP contribution in [0.3, 0.4) is 0 Å². The molecule has 148 valence electrons. The summed E-state index contributed by atoms with van der Waals surface area (Å²) in [5, 5.41) is 0. The number of hydrogen-bond donors (Lipinski definition) is 0. The van der Waals surface area contributed by atoms with Gasteiger partial charge in [-0.05, 0) is 13.5 Å². The molecule has 9 heteroatoms. The second-order valence-electron chi connectivity index (χ2n) is 6.66. The van der Waals surface area contributed by atoms with Crippen molar-refractivity contribution in [3.05, 3.63) is 18.1 Å². The molecule has 0 unspecified atom stereocenters. The molecule has 0 aromatic carbocycles. The summed E-state index contributed by atoms with van der Waals surface area (Å²) in [6.45, 7) is 11.1. The predicted molar refractivity (Wildman–Crippen MR) is 101 cm³/mol. The highest BCUT2D eigenvalue weighted by Crippen LogP contribution is 2.14. The standard InChI is InChI=1S/C18H28N6O3/c1-3-21-5-7-22(8-6-21)16-14-19-15(13-20-16)17(25)23-9-11-24(12-10-23)18(26)27-4-2/h13-14H,3-12H2,1-2H3. The lowest BCUT2D eigenvalue weighted by Gasteiger charge is -2.35. The highest BCUT2D eigenvalue weighted by atomic mass is 16.6. The number of nitrogens with zero attached hydrogens (tertiary/aromatic N) is 6. The maximum absolute atomic E-state index is 12.6. The van der Waals surface area contributed by atoms with E-state index in [2.05, 4.69) is 26.7 Å². The molecule has 3 heterocycles. The Hall–Kier alpha value is -2.42. The third kappa shape index (κ3) is 4.65. The topological polar surface area (TPSA) is 82.1 Å². The Bertz CT molecular complexity index is 637. The lowest BCUT2D eigenvalue weighted by molar-refractivity contribution is 0.0565. The Morgan fingerprint density at radius 3 is 2.15 bits per heavy atom. The molecule has 0 bridgehead atoms. The molecule has 1 aromatic rings. The van der Waals surface area contributed by atoms with Gasteiger partial charge in [0.2, 0.25) is 0 Å². The summed E-state index contributed by atoms with van der Waals surface area (Å²) >= 11 is 0. The van der Waals surface area contributed by atoms with Gasteiger partial charge in [0, 0.05) is 52.4 Å². The van der Waals surface area contributed by atoms with Gasteiger partial charge in [-0.3, -0.25) is 4.79 Å². The molecule has 27 heavy (non-hydrogen) atoms. The number of amides is 2. The van der Waals surface area contributed by atoms with E-state index in [0.717, 1.165) is 38.5 Å². The molecule has 0 atom stereocenters. The number of piperazine rings is 2. The second-order valence-corrected chi connectivity index (χ2v) is 6.66. The average Bonchev–Trinajstić information content (AvgIpc) is 2.74. The number of carbonyl (C=O) groups is 2. The highest BCUT2D eigenvalue weighted by molar-refractivity contribution is 5.92. The maximum atomic E-state index is 12.6. The first-order chi connectivity index (χ1) is 13.1. The Balaban J connectivity index is 1.53. The summed E-state index contributed by atoms with van der Waals surface area (Å²) < 4.78 is 5.00. The maximum Gasteiger partial charge on any atom is 0.409 e. The molecule has 2 saturated heterocycles. The van der Waals surface area contributed by atoms with Crippen molar-refractivity contribution in [3.8, 4) is 0 Å². The number of likely N-dealkylation sites (N-methyl/N-ethyl adjacent to an activating group) is 1. The molecule has 1 aromatic heterocycles. The van der Waals surface area contributed by atoms with Gasteiger partial charge in [-0.25, -0.2) is 14.8 Å². The summed E-state index contributed by atoms with van der Waals surface area (Å²) in [7, 11) is 0. The fraction of sp³-hybridized carbons (Fsp3) is 0.667. The van der Waals surface area contributed by atoms with Crippen LogP contribution in [0.4, 0.5) is 10.6 Å². The smallest absolute Gasteiger partial charge is 0.409 e. The van der Waals surface area contributed by atoms with Gasteiger partial charge in [0.1, 0.15) is 11.5 Å². The molecule has 2 fully saturated rings. The Morgan fingerprint density at radius 2 is 1.59 bits per heavy atom. The van der Waals surface area contributed by atoms with Crippen molar-refractivity contribution >= 4 is 17.8 Å². The van der Waals surface area contributed by atoms with Crippen molar-refractivity contribution in [2.24, 2.45) is 0 Å². The summed E-state index contributed by atoms with van der Waals surface area (Å²) in [5.74, 6) is 0.669. The number of ether oxygens (including phenoxy) is 1. The van der Waals surface area contributed by atoms with E-state index in [1.807, 2.05) is 0 Å². The van der Waals surface area contributed by atoms with Gasteiger partial charge in [0.25, 0.3) is 5.91 Å². The van der Waals surface area contributed by atoms with Crippen LogP contribution in [0.1, 0.15) is 24.3 Å². The van der Waals surface area contributed by atoms with Gasteiger partial charge in [-0.15, -0.1) is 0 Å². The zero-order valence-corrected chi connectivity index (χ0v) is 16.1. The summed E-state index contributed by atoms with van der Waals surface area (Å²) in [4.78, 5) is 41.1. The van der Waals surface area contributed by atoms with Crippen molar-refractivity contribution in [1.82, 2.24) is 24.7 Å². The third-order valence-electron chi connectivity index (χ3n) is 5.09. The molecule has 2 aliphatic heterocycles. The fourth-order valence-corrected chi connectivity index (χ4v) is 3.36. The van der Waals surface area contributed by atoms with Crippen molar-refractivity contribution in [2.45, 2.75) is 13.8 Å². The van der Waals surface area contributed by atoms with Gasteiger partial charge >= 0.3 is 6.09 Å². The number of carbonyl (C=O) groups excluding carboxylic acids is 2. The Kier molecular flexibility index (Phi) is 6.44. The van der Waals surface area contributed by atoms with Crippen molar-refractivity contribution in [2.75, 3.05) is 70.4 Å². The number of anilines is 1. The van der Waals surface area contributed by atoms with Crippen molar-refractivity contribution in [1.29, 1.82) is 0 Å². The van der Waals surface area contributed by atoms with E-state index >= 15 is 0 Å². The van der Waals surface area contributed by atoms with Crippen LogP contribution in [-0.2, 0) is 4.74 Å².